The summed E-state index contributed by atoms with van der Waals surface area (Å²) in [5.74, 6) is -6.11. The van der Waals surface area contributed by atoms with Gasteiger partial charge in [0.15, 0.2) is 23.1 Å². The molecule has 0 fully saturated rings. The number of aromatic amines is 1. The summed E-state index contributed by atoms with van der Waals surface area (Å²) in [5.41, 5.74) is -0.777. The van der Waals surface area contributed by atoms with Crippen LogP contribution in [0.5, 0.6) is 5.75 Å². The topological polar surface area (TPSA) is 86.3 Å². The highest BCUT2D eigenvalue weighted by Crippen LogP contribution is 2.31. The van der Waals surface area contributed by atoms with E-state index in [9.17, 15) is 32.3 Å². The van der Waals surface area contributed by atoms with Crippen molar-refractivity contribution in [3.05, 3.63) is 92.9 Å². The highest BCUT2D eigenvalue weighted by atomic mass is 19.2. The first kappa shape index (κ1) is 24.0. The third-order valence-electron chi connectivity index (χ3n) is 5.14. The van der Waals surface area contributed by atoms with E-state index in [4.69, 9.17) is 0 Å². The molecule has 2 aromatic carbocycles. The van der Waals surface area contributed by atoms with Crippen LogP contribution < -0.4 is 5.43 Å². The van der Waals surface area contributed by atoms with Gasteiger partial charge >= 0.3 is 0 Å². The molecule has 0 radical (unpaired) electrons. The molecule has 0 aliphatic rings. The Bertz CT molecular complexity index is 1200. The van der Waals surface area contributed by atoms with Crippen LogP contribution in [0.25, 0.3) is 0 Å². The van der Waals surface area contributed by atoms with Crippen LogP contribution >= 0.6 is 0 Å². The van der Waals surface area contributed by atoms with Gasteiger partial charge in [0, 0.05) is 25.1 Å². The summed E-state index contributed by atoms with van der Waals surface area (Å²) < 4.78 is 55.2. The van der Waals surface area contributed by atoms with E-state index in [-0.39, 0.29) is 30.6 Å². The van der Waals surface area contributed by atoms with Gasteiger partial charge in [-0.3, -0.25) is 14.7 Å². The first-order valence-electron chi connectivity index (χ1n) is 10.2. The van der Waals surface area contributed by atoms with Gasteiger partial charge in [0.25, 0.3) is 5.91 Å². The fraction of sp³-hybridized carbons (Fsp3) is 0.261. The maximum atomic E-state index is 13.9. The van der Waals surface area contributed by atoms with E-state index in [0.29, 0.717) is 12.5 Å². The highest BCUT2D eigenvalue weighted by molar-refractivity contribution is 5.94. The highest BCUT2D eigenvalue weighted by Gasteiger charge is 2.24. The molecule has 1 atom stereocenters. The molecule has 174 valence electrons. The number of H-pyrrole nitrogens is 1. The van der Waals surface area contributed by atoms with Gasteiger partial charge in [-0.15, -0.1) is 0 Å². The van der Waals surface area contributed by atoms with Crippen LogP contribution in [0.3, 0.4) is 0 Å². The molecule has 0 saturated carbocycles. The normalized spacial score (nSPS) is 11.9. The second-order valence-electron chi connectivity index (χ2n) is 7.47. The number of nitrogens with zero attached hydrogens (tertiary/aromatic N) is 2. The van der Waals surface area contributed by atoms with Crippen LogP contribution in [-0.2, 0) is 0 Å². The van der Waals surface area contributed by atoms with Crippen molar-refractivity contribution >= 4 is 5.91 Å². The second-order valence-corrected chi connectivity index (χ2v) is 7.47. The number of aromatic hydroxyl groups is 1. The third kappa shape index (κ3) is 5.57. The first-order valence-corrected chi connectivity index (χ1v) is 10.2. The van der Waals surface area contributed by atoms with Crippen molar-refractivity contribution in [3.63, 3.8) is 0 Å². The van der Waals surface area contributed by atoms with Gasteiger partial charge in [0.1, 0.15) is 11.6 Å². The molecule has 6 nitrogen and oxygen atoms in total. The third-order valence-corrected chi connectivity index (χ3v) is 5.14. The van der Waals surface area contributed by atoms with Gasteiger partial charge in [-0.1, -0.05) is 13.0 Å². The Morgan fingerprint density at radius 1 is 1.03 bits per heavy atom. The number of amides is 1. The number of aromatic nitrogens is 2. The standard InChI is InChI=1S/C23H21F4N3O3/c1-2-6-30(23(33)21-22(32)20(31)12-28-29-21)7-5-17(13-3-4-18(26)19(27)10-13)14-8-15(24)11-16(25)9-14/h3-4,8-12,17H,2,5-7H2,1H3,(H,28,32)(H,29,31). The lowest BCUT2D eigenvalue weighted by molar-refractivity contribution is 0.0741. The van der Waals surface area contributed by atoms with Crippen LogP contribution in [0.1, 0.15) is 47.3 Å². The number of carbonyl (C=O) groups is 1. The predicted molar refractivity (Wildman–Crippen MR) is 112 cm³/mol. The Kier molecular flexibility index (Phi) is 7.47. The summed E-state index contributed by atoms with van der Waals surface area (Å²) in [4.78, 5) is 25.9. The van der Waals surface area contributed by atoms with E-state index in [2.05, 4.69) is 10.2 Å². The summed E-state index contributed by atoms with van der Waals surface area (Å²) >= 11 is 0. The summed E-state index contributed by atoms with van der Waals surface area (Å²) in [7, 11) is 0. The van der Waals surface area contributed by atoms with Crippen molar-refractivity contribution in [3.8, 4) is 5.75 Å². The van der Waals surface area contributed by atoms with E-state index in [1.807, 2.05) is 0 Å². The largest absolute Gasteiger partial charge is 0.502 e. The summed E-state index contributed by atoms with van der Waals surface area (Å²) in [6.45, 7) is 2.06. The molecule has 2 N–H and O–H groups in total. The monoisotopic (exact) mass is 463 g/mol. The van der Waals surface area contributed by atoms with Gasteiger partial charge in [0.2, 0.25) is 5.43 Å². The molecule has 1 heterocycles. The van der Waals surface area contributed by atoms with Gasteiger partial charge in [-0.05, 0) is 48.2 Å². The number of hydrogen-bond donors (Lipinski definition) is 2. The Morgan fingerprint density at radius 3 is 2.36 bits per heavy atom. The molecule has 1 amide bonds. The molecule has 3 aromatic rings. The van der Waals surface area contributed by atoms with Crippen molar-refractivity contribution in [1.29, 1.82) is 0 Å². The summed E-state index contributed by atoms with van der Waals surface area (Å²) in [5, 5.41) is 15.8. The molecule has 1 aromatic heterocycles. The molecule has 0 spiro atoms. The molecular weight excluding hydrogens is 442 g/mol. The van der Waals surface area contributed by atoms with Gasteiger partial charge in [-0.2, -0.15) is 5.10 Å². The van der Waals surface area contributed by atoms with Gasteiger partial charge < -0.3 is 10.0 Å². The quantitative estimate of drug-likeness (QED) is 0.493. The average molecular weight is 463 g/mol. The maximum absolute atomic E-state index is 13.9. The van der Waals surface area contributed by atoms with Gasteiger partial charge in [-0.25, -0.2) is 17.6 Å². The average Bonchev–Trinajstić information content (AvgIpc) is 2.76. The van der Waals surface area contributed by atoms with E-state index in [1.165, 1.54) is 11.0 Å². The lowest BCUT2D eigenvalue weighted by Gasteiger charge is -2.26. The minimum Gasteiger partial charge on any atom is -0.502 e. The number of rotatable bonds is 8. The zero-order valence-corrected chi connectivity index (χ0v) is 17.6. The maximum Gasteiger partial charge on any atom is 0.275 e. The Labute approximate surface area is 186 Å². The minimum atomic E-state index is -1.12. The molecule has 0 bridgehead atoms. The second kappa shape index (κ2) is 10.3. The van der Waals surface area contributed by atoms with Crippen molar-refractivity contribution in [2.75, 3.05) is 13.1 Å². The molecule has 10 heteroatoms. The van der Waals surface area contributed by atoms with Crippen LogP contribution in [0.4, 0.5) is 17.6 Å². The van der Waals surface area contributed by atoms with Crippen LogP contribution in [0, 0.1) is 23.3 Å². The van der Waals surface area contributed by atoms with E-state index in [1.54, 1.807) is 6.92 Å². The van der Waals surface area contributed by atoms with E-state index >= 15 is 0 Å². The number of benzene rings is 2. The van der Waals surface area contributed by atoms with Crippen molar-refractivity contribution in [1.82, 2.24) is 15.1 Å². The molecule has 0 saturated heterocycles. The Morgan fingerprint density at radius 2 is 1.73 bits per heavy atom. The Balaban J connectivity index is 1.95. The molecule has 1 unspecified atom stereocenters. The fourth-order valence-electron chi connectivity index (χ4n) is 3.60. The summed E-state index contributed by atoms with van der Waals surface area (Å²) in [6, 6.07) is 6.04. The molecule has 0 aliphatic carbocycles. The number of halogens is 4. The fourth-order valence-corrected chi connectivity index (χ4v) is 3.60. The molecular formula is C23H21F4N3O3. The van der Waals surface area contributed by atoms with Crippen molar-refractivity contribution in [2.24, 2.45) is 0 Å². The summed E-state index contributed by atoms with van der Waals surface area (Å²) in [6.07, 6.45) is 1.44. The molecule has 3 rings (SSSR count). The van der Waals surface area contributed by atoms with Crippen LogP contribution in [0.15, 0.2) is 47.4 Å². The van der Waals surface area contributed by atoms with Crippen LogP contribution in [-0.4, -0.2) is 39.2 Å². The Hall–Kier alpha value is -3.69. The van der Waals surface area contributed by atoms with E-state index in [0.717, 1.165) is 30.5 Å². The SMILES string of the molecule is CCCN(CCC(c1cc(F)cc(F)c1)c1ccc(F)c(F)c1)C(=O)c1[nH]ncc(=O)c1O. The van der Waals surface area contributed by atoms with Crippen LogP contribution in [0.2, 0.25) is 0 Å². The molecule has 0 aliphatic heterocycles. The number of hydrogen-bond acceptors (Lipinski definition) is 4. The zero-order valence-electron chi connectivity index (χ0n) is 17.6. The number of nitrogens with one attached hydrogen (secondary N) is 1. The van der Waals surface area contributed by atoms with Crippen molar-refractivity contribution in [2.45, 2.75) is 25.7 Å². The van der Waals surface area contributed by atoms with Crippen molar-refractivity contribution < 1.29 is 27.5 Å². The van der Waals surface area contributed by atoms with Gasteiger partial charge in [0.05, 0.1) is 6.20 Å². The predicted octanol–water partition coefficient (Wildman–Crippen LogP) is 4.11. The first-order chi connectivity index (χ1) is 15.7. The molecule has 33 heavy (non-hydrogen) atoms. The lowest BCUT2D eigenvalue weighted by atomic mass is 9.88. The lowest BCUT2D eigenvalue weighted by Crippen LogP contribution is -2.35. The number of carbonyl (C=O) groups excluding carboxylic acids is 1. The zero-order chi connectivity index (χ0) is 24.1. The smallest absolute Gasteiger partial charge is 0.275 e. The minimum absolute atomic E-state index is 0.0187. The van der Waals surface area contributed by atoms with E-state index < -0.39 is 52.0 Å².